The molecule has 108 valence electrons. The van der Waals surface area contributed by atoms with Crippen LogP contribution in [0.3, 0.4) is 0 Å². The van der Waals surface area contributed by atoms with Crippen LogP contribution in [-0.2, 0) is 21.1 Å². The van der Waals surface area contributed by atoms with Crippen LogP contribution in [0.1, 0.15) is 10.4 Å². The van der Waals surface area contributed by atoms with Crippen LogP contribution in [0.15, 0.2) is 0 Å². The van der Waals surface area contributed by atoms with Crippen molar-refractivity contribution >= 4 is 27.4 Å². The van der Waals surface area contributed by atoms with Crippen LogP contribution >= 0.6 is 0 Å². The van der Waals surface area contributed by atoms with Crippen molar-refractivity contribution in [2.75, 3.05) is 43.8 Å². The monoisotopic (exact) mass is 290 g/mol. The molecule has 9 heteroatoms. The van der Waals surface area contributed by atoms with E-state index in [4.69, 9.17) is 5.73 Å². The molecule has 0 unspecified atom stereocenters. The van der Waals surface area contributed by atoms with E-state index in [1.165, 1.54) is 11.8 Å². The van der Waals surface area contributed by atoms with Crippen LogP contribution in [0.5, 0.6) is 0 Å². The molecule has 1 aromatic heterocycles. The Morgan fingerprint density at radius 3 is 2.47 bits per heavy atom. The Kier molecular flexibility index (Phi) is 4.40. The second-order valence-corrected chi connectivity index (χ2v) is 6.58. The summed E-state index contributed by atoms with van der Waals surface area (Å²) in [5.41, 5.74) is 5.97. The van der Waals surface area contributed by atoms with Gasteiger partial charge in [0.25, 0.3) is 0 Å². The Morgan fingerprint density at radius 2 is 2.05 bits per heavy atom. The summed E-state index contributed by atoms with van der Waals surface area (Å²) >= 11 is 0. The van der Waals surface area contributed by atoms with E-state index in [-0.39, 0.29) is 23.7 Å². The Hall–Kier alpha value is -1.77. The number of ether oxygens (including phenoxy) is 1. The van der Waals surface area contributed by atoms with Crippen LogP contribution in [0.25, 0.3) is 0 Å². The molecule has 0 aliphatic carbocycles. The summed E-state index contributed by atoms with van der Waals surface area (Å²) in [6.45, 7) is 0.0858. The predicted molar refractivity (Wildman–Crippen MR) is 72.0 cm³/mol. The number of methoxy groups -OCH3 is 1. The fraction of sp³-hybridized carbons (Fsp3) is 0.600. The van der Waals surface area contributed by atoms with Crippen molar-refractivity contribution in [2.24, 2.45) is 0 Å². The molecular formula is C10H18N4O4S. The van der Waals surface area contributed by atoms with Crippen LogP contribution in [-0.4, -0.2) is 57.4 Å². The number of aromatic nitrogens is 2. The van der Waals surface area contributed by atoms with Gasteiger partial charge in [-0.1, -0.05) is 0 Å². The lowest BCUT2D eigenvalue weighted by Crippen LogP contribution is -2.15. The molecule has 0 aromatic carbocycles. The summed E-state index contributed by atoms with van der Waals surface area (Å²) in [4.78, 5) is 13.3. The molecule has 19 heavy (non-hydrogen) atoms. The minimum atomic E-state index is -3.13. The van der Waals surface area contributed by atoms with Crippen molar-refractivity contribution < 1.29 is 17.9 Å². The molecular weight excluding hydrogens is 272 g/mol. The summed E-state index contributed by atoms with van der Waals surface area (Å²) in [6, 6.07) is 0. The Morgan fingerprint density at radius 1 is 1.47 bits per heavy atom. The third-order valence-corrected chi connectivity index (χ3v) is 3.38. The van der Waals surface area contributed by atoms with Gasteiger partial charge in [0, 0.05) is 20.4 Å². The highest BCUT2D eigenvalue weighted by Gasteiger charge is 2.24. The molecule has 0 atom stereocenters. The van der Waals surface area contributed by atoms with Crippen LogP contribution < -0.4 is 10.6 Å². The molecule has 0 bridgehead atoms. The smallest absolute Gasteiger partial charge is 0.345 e. The number of esters is 1. The van der Waals surface area contributed by atoms with Crippen molar-refractivity contribution in [3.05, 3.63) is 5.56 Å². The lowest BCUT2D eigenvalue weighted by molar-refractivity contribution is 0.0602. The number of nitrogens with two attached hydrogens (primary N) is 1. The molecule has 0 spiro atoms. The molecule has 0 fully saturated rings. The van der Waals surface area contributed by atoms with Crippen molar-refractivity contribution in [3.8, 4) is 0 Å². The molecule has 0 saturated heterocycles. The number of carbonyl (C=O) groups excluding carboxylic acids is 1. The molecule has 0 saturated carbocycles. The highest BCUT2D eigenvalue weighted by atomic mass is 32.2. The second kappa shape index (κ2) is 5.47. The van der Waals surface area contributed by atoms with Crippen LogP contribution in [0.2, 0.25) is 0 Å². The van der Waals surface area contributed by atoms with E-state index in [1.54, 1.807) is 19.0 Å². The first-order valence-electron chi connectivity index (χ1n) is 5.47. The SMILES string of the molecule is COC(=O)c1c(N(C)C)nn(CCS(C)(=O)=O)c1N. The fourth-order valence-electron chi connectivity index (χ4n) is 1.50. The summed E-state index contributed by atoms with van der Waals surface area (Å²) in [6.07, 6.45) is 1.13. The first-order valence-corrected chi connectivity index (χ1v) is 7.53. The first-order chi connectivity index (χ1) is 8.67. The summed E-state index contributed by atoms with van der Waals surface area (Å²) in [7, 11) is 1.52. The number of nitrogen functional groups attached to an aromatic ring is 1. The molecule has 2 N–H and O–H groups in total. The number of carbonyl (C=O) groups is 1. The van der Waals surface area contributed by atoms with Gasteiger partial charge in [0.05, 0.1) is 19.4 Å². The van der Waals surface area contributed by atoms with Gasteiger partial charge < -0.3 is 15.4 Å². The minimum Gasteiger partial charge on any atom is -0.465 e. The molecule has 8 nitrogen and oxygen atoms in total. The van der Waals surface area contributed by atoms with E-state index in [0.717, 1.165) is 6.26 Å². The summed E-state index contributed by atoms with van der Waals surface area (Å²) in [5, 5.41) is 4.13. The van der Waals surface area contributed by atoms with E-state index < -0.39 is 15.8 Å². The quantitative estimate of drug-likeness (QED) is 0.719. The van der Waals surface area contributed by atoms with Gasteiger partial charge in [-0.15, -0.1) is 0 Å². The number of aryl methyl sites for hydroxylation is 1. The number of rotatable bonds is 5. The van der Waals surface area contributed by atoms with E-state index in [9.17, 15) is 13.2 Å². The van der Waals surface area contributed by atoms with E-state index in [1.807, 2.05) is 0 Å². The highest BCUT2D eigenvalue weighted by Crippen LogP contribution is 2.24. The zero-order valence-electron chi connectivity index (χ0n) is 11.4. The molecule has 1 heterocycles. The van der Waals surface area contributed by atoms with Crippen LogP contribution in [0.4, 0.5) is 11.6 Å². The highest BCUT2D eigenvalue weighted by molar-refractivity contribution is 7.90. The Balaban J connectivity index is 3.18. The summed E-state index contributed by atoms with van der Waals surface area (Å²) < 4.78 is 28.2. The maximum Gasteiger partial charge on any atom is 0.345 e. The van der Waals surface area contributed by atoms with Gasteiger partial charge in [0.2, 0.25) is 0 Å². The molecule has 0 aliphatic rings. The Labute approximate surface area is 112 Å². The predicted octanol–water partition coefficient (Wildman–Crippen LogP) is -0.637. The topological polar surface area (TPSA) is 108 Å². The van der Waals surface area contributed by atoms with Crippen molar-refractivity contribution in [2.45, 2.75) is 6.54 Å². The number of hydrogen-bond donors (Lipinski definition) is 1. The molecule has 0 aliphatic heterocycles. The largest absolute Gasteiger partial charge is 0.465 e. The maximum atomic E-state index is 11.7. The number of anilines is 2. The van der Waals surface area contributed by atoms with Crippen molar-refractivity contribution in [1.82, 2.24) is 9.78 Å². The lowest BCUT2D eigenvalue weighted by Gasteiger charge is -2.09. The van der Waals surface area contributed by atoms with Crippen molar-refractivity contribution in [1.29, 1.82) is 0 Å². The third-order valence-electron chi connectivity index (χ3n) is 2.46. The molecule has 1 aromatic rings. The first kappa shape index (κ1) is 15.3. The second-order valence-electron chi connectivity index (χ2n) is 4.32. The lowest BCUT2D eigenvalue weighted by atomic mass is 10.3. The van der Waals surface area contributed by atoms with E-state index in [2.05, 4.69) is 9.84 Å². The van der Waals surface area contributed by atoms with Gasteiger partial charge in [-0.05, 0) is 0 Å². The average molecular weight is 290 g/mol. The van der Waals surface area contributed by atoms with Gasteiger partial charge in [-0.2, -0.15) is 5.10 Å². The van der Waals surface area contributed by atoms with Crippen molar-refractivity contribution in [3.63, 3.8) is 0 Å². The van der Waals surface area contributed by atoms with Gasteiger partial charge in [0.15, 0.2) is 5.82 Å². The Bertz CT molecular complexity index is 577. The van der Waals surface area contributed by atoms with Gasteiger partial charge in [-0.25, -0.2) is 17.9 Å². The van der Waals surface area contributed by atoms with Crippen LogP contribution in [0, 0.1) is 0 Å². The normalized spacial score (nSPS) is 11.4. The van der Waals surface area contributed by atoms with E-state index in [0.29, 0.717) is 5.82 Å². The maximum absolute atomic E-state index is 11.7. The molecule has 0 amide bonds. The molecule has 1 rings (SSSR count). The fourth-order valence-corrected chi connectivity index (χ4v) is 2.00. The number of nitrogens with zero attached hydrogens (tertiary/aromatic N) is 3. The number of sulfone groups is 1. The zero-order valence-corrected chi connectivity index (χ0v) is 12.2. The third kappa shape index (κ3) is 3.60. The van der Waals surface area contributed by atoms with Gasteiger partial charge in [0.1, 0.15) is 21.2 Å². The zero-order chi connectivity index (χ0) is 14.8. The van der Waals surface area contributed by atoms with Gasteiger partial charge in [-0.3, -0.25) is 0 Å². The average Bonchev–Trinajstić information content (AvgIpc) is 2.62. The summed E-state index contributed by atoms with van der Waals surface area (Å²) in [5.74, 6) is -0.268. The minimum absolute atomic E-state index is 0.0858. The van der Waals surface area contributed by atoms with Gasteiger partial charge >= 0.3 is 5.97 Å². The van der Waals surface area contributed by atoms with E-state index >= 15 is 0 Å². The standard InChI is InChI=1S/C10H18N4O4S/c1-13(2)9-7(10(15)18-3)8(11)14(12-9)5-6-19(4,16)17/h5-6,11H2,1-4H3. The molecule has 0 radical (unpaired) electrons. The number of hydrogen-bond acceptors (Lipinski definition) is 7.